The Morgan fingerprint density at radius 2 is 2.18 bits per heavy atom. The van der Waals surface area contributed by atoms with E-state index < -0.39 is 18.2 Å². The number of carbonyl (C=O) groups excluding carboxylic acids is 1. The number of likely N-dealkylation sites (tertiary alicyclic amines) is 1. The molecular weight excluding hydrogens is 291 g/mol. The zero-order valence-electron chi connectivity index (χ0n) is 11.8. The van der Waals surface area contributed by atoms with Gasteiger partial charge in [-0.2, -0.15) is 0 Å². The summed E-state index contributed by atoms with van der Waals surface area (Å²) >= 11 is 0. The van der Waals surface area contributed by atoms with Crippen LogP contribution in [0, 0.1) is 0 Å². The number of aliphatic carboxylic acids is 1. The van der Waals surface area contributed by atoms with Crippen molar-refractivity contribution in [1.29, 1.82) is 0 Å². The first kappa shape index (κ1) is 14.5. The Labute approximate surface area is 125 Å². The lowest BCUT2D eigenvalue weighted by atomic mass is 10.1. The van der Waals surface area contributed by atoms with Crippen LogP contribution in [0.15, 0.2) is 28.7 Å². The molecule has 0 bridgehead atoms. The van der Waals surface area contributed by atoms with Gasteiger partial charge >= 0.3 is 5.97 Å². The van der Waals surface area contributed by atoms with E-state index in [4.69, 9.17) is 9.52 Å². The molecule has 1 unspecified atom stereocenters. The number of hydrogen-bond acceptors (Lipinski definition) is 4. The van der Waals surface area contributed by atoms with E-state index in [1.54, 1.807) is 6.07 Å². The summed E-state index contributed by atoms with van der Waals surface area (Å²) in [7, 11) is 0. The molecule has 0 radical (unpaired) electrons. The van der Waals surface area contributed by atoms with Gasteiger partial charge in [-0.1, -0.05) is 12.1 Å². The monoisotopic (exact) mass is 306 g/mol. The van der Waals surface area contributed by atoms with Crippen LogP contribution in [0.1, 0.15) is 18.7 Å². The molecule has 1 atom stereocenters. The Kier molecular flexibility index (Phi) is 3.56. The summed E-state index contributed by atoms with van der Waals surface area (Å²) in [6.07, 6.45) is 0.246. The van der Waals surface area contributed by atoms with Gasteiger partial charge in [0.2, 0.25) is 11.6 Å². The van der Waals surface area contributed by atoms with Gasteiger partial charge in [-0.3, -0.25) is 4.79 Å². The fourth-order valence-electron chi connectivity index (χ4n) is 2.56. The first-order valence-electron chi connectivity index (χ1n) is 7.02. The fourth-order valence-corrected chi connectivity index (χ4v) is 2.56. The lowest BCUT2D eigenvalue weighted by Gasteiger charge is -2.17. The van der Waals surface area contributed by atoms with Crippen LogP contribution in [-0.4, -0.2) is 45.6 Å². The topological polar surface area (TPSA) is 83.6 Å². The summed E-state index contributed by atoms with van der Waals surface area (Å²) in [5.41, 5.74) is -0.952. The van der Waals surface area contributed by atoms with E-state index in [0.717, 1.165) is 5.52 Å². The molecule has 0 spiro atoms. The highest BCUT2D eigenvalue weighted by Gasteiger charge is 2.46. The van der Waals surface area contributed by atoms with Crippen molar-refractivity contribution >= 4 is 23.0 Å². The highest BCUT2D eigenvalue weighted by atomic mass is 19.1. The second kappa shape index (κ2) is 5.40. The molecule has 1 saturated heterocycles. The van der Waals surface area contributed by atoms with Crippen molar-refractivity contribution in [2.45, 2.75) is 24.9 Å². The first-order valence-corrected chi connectivity index (χ1v) is 7.02. The number of halogens is 1. The molecule has 7 heteroatoms. The third-order valence-corrected chi connectivity index (χ3v) is 3.85. The molecular formula is C15H15FN2O4. The molecule has 0 aliphatic carbocycles. The number of carboxylic acid groups (broad SMARTS) is 1. The number of amides is 1. The summed E-state index contributed by atoms with van der Waals surface area (Å²) < 4.78 is 19.4. The Bertz CT molecular complexity index is 696. The summed E-state index contributed by atoms with van der Waals surface area (Å²) in [5, 5.41) is 8.82. The molecule has 2 heterocycles. The fraction of sp³-hybridized carbons (Fsp3) is 0.400. The van der Waals surface area contributed by atoms with Crippen molar-refractivity contribution < 1.29 is 23.5 Å². The van der Waals surface area contributed by atoms with Gasteiger partial charge < -0.3 is 14.4 Å². The smallest absolute Gasteiger partial charge is 0.343 e. The van der Waals surface area contributed by atoms with Crippen molar-refractivity contribution in [2.24, 2.45) is 0 Å². The highest BCUT2D eigenvalue weighted by Crippen LogP contribution is 2.26. The maximum atomic E-state index is 13.9. The minimum atomic E-state index is -2.33. The van der Waals surface area contributed by atoms with Gasteiger partial charge in [0.1, 0.15) is 5.52 Å². The number of rotatable bonds is 4. The first-order chi connectivity index (χ1) is 10.5. The van der Waals surface area contributed by atoms with Gasteiger partial charge in [0.15, 0.2) is 11.5 Å². The van der Waals surface area contributed by atoms with E-state index in [1.807, 2.05) is 18.2 Å². The molecule has 1 aromatic heterocycles. The van der Waals surface area contributed by atoms with Crippen LogP contribution >= 0.6 is 0 Å². The average molecular weight is 306 g/mol. The van der Waals surface area contributed by atoms with E-state index in [0.29, 0.717) is 17.9 Å². The van der Waals surface area contributed by atoms with Crippen LogP contribution in [0.3, 0.4) is 0 Å². The standard InChI is InChI=1S/C15H15FN2O4/c16-15(14(20)21)7-8-18(9-15)13(19)6-5-12-17-10-3-1-2-4-11(10)22-12/h1-4H,5-9H2,(H,20,21). The van der Waals surface area contributed by atoms with Crippen LogP contribution in [0.4, 0.5) is 4.39 Å². The normalized spacial score (nSPS) is 21.4. The number of aromatic nitrogens is 1. The van der Waals surface area contributed by atoms with Gasteiger partial charge in [0.25, 0.3) is 0 Å². The Morgan fingerprint density at radius 1 is 1.41 bits per heavy atom. The molecule has 1 amide bonds. The number of benzene rings is 1. The third-order valence-electron chi connectivity index (χ3n) is 3.85. The van der Waals surface area contributed by atoms with Crippen LogP contribution in [-0.2, 0) is 16.0 Å². The molecule has 1 aromatic carbocycles. The van der Waals surface area contributed by atoms with E-state index in [1.165, 1.54) is 4.90 Å². The summed E-state index contributed by atoms with van der Waals surface area (Å²) in [6.45, 7) is -0.274. The number of fused-ring (bicyclic) bond motifs is 1. The molecule has 0 saturated carbocycles. The number of carbonyl (C=O) groups is 2. The molecule has 116 valence electrons. The van der Waals surface area contributed by atoms with Gasteiger partial charge in [-0.05, 0) is 12.1 Å². The molecule has 22 heavy (non-hydrogen) atoms. The molecule has 1 N–H and O–H groups in total. The molecule has 1 aliphatic heterocycles. The third kappa shape index (κ3) is 2.66. The van der Waals surface area contributed by atoms with Gasteiger partial charge in [0, 0.05) is 25.8 Å². The predicted molar refractivity (Wildman–Crippen MR) is 75.0 cm³/mol. The number of carboxylic acids is 1. The molecule has 1 fully saturated rings. The summed E-state index contributed by atoms with van der Waals surface area (Å²) in [5.74, 6) is -1.36. The quantitative estimate of drug-likeness (QED) is 0.931. The number of para-hydroxylation sites is 2. The van der Waals surface area contributed by atoms with E-state index in [-0.39, 0.29) is 25.3 Å². The maximum Gasteiger partial charge on any atom is 0.343 e. The molecule has 2 aromatic rings. The van der Waals surface area contributed by atoms with E-state index in [9.17, 15) is 14.0 Å². The number of oxazole rings is 1. The lowest BCUT2D eigenvalue weighted by Crippen LogP contribution is -2.38. The molecule has 6 nitrogen and oxygen atoms in total. The van der Waals surface area contributed by atoms with Crippen molar-refractivity contribution in [2.75, 3.05) is 13.1 Å². The van der Waals surface area contributed by atoms with Crippen molar-refractivity contribution in [1.82, 2.24) is 9.88 Å². The Balaban J connectivity index is 1.60. The zero-order valence-corrected chi connectivity index (χ0v) is 11.8. The second-order valence-electron chi connectivity index (χ2n) is 5.41. The summed E-state index contributed by atoms with van der Waals surface area (Å²) in [4.78, 5) is 28.4. The van der Waals surface area contributed by atoms with Gasteiger partial charge in [-0.25, -0.2) is 14.2 Å². The maximum absolute atomic E-state index is 13.9. The van der Waals surface area contributed by atoms with Crippen LogP contribution in [0.25, 0.3) is 11.1 Å². The van der Waals surface area contributed by atoms with E-state index >= 15 is 0 Å². The van der Waals surface area contributed by atoms with Crippen molar-refractivity contribution in [3.05, 3.63) is 30.2 Å². The number of alkyl halides is 1. The van der Waals surface area contributed by atoms with Gasteiger partial charge in [-0.15, -0.1) is 0 Å². The summed E-state index contributed by atoms with van der Waals surface area (Å²) in [6, 6.07) is 7.28. The number of aryl methyl sites for hydroxylation is 1. The van der Waals surface area contributed by atoms with Crippen LogP contribution in [0.2, 0.25) is 0 Å². The van der Waals surface area contributed by atoms with Crippen LogP contribution in [0.5, 0.6) is 0 Å². The minimum Gasteiger partial charge on any atom is -0.479 e. The minimum absolute atomic E-state index is 0.114. The predicted octanol–water partition coefficient (Wildman–Crippen LogP) is 1.79. The number of nitrogens with zero attached hydrogens (tertiary/aromatic N) is 2. The van der Waals surface area contributed by atoms with E-state index in [2.05, 4.69) is 4.98 Å². The van der Waals surface area contributed by atoms with Gasteiger partial charge in [0.05, 0.1) is 6.54 Å². The SMILES string of the molecule is O=C(CCc1nc2ccccc2o1)N1CCC(F)(C(=O)O)C1. The molecule has 1 aliphatic rings. The van der Waals surface area contributed by atoms with Crippen molar-refractivity contribution in [3.63, 3.8) is 0 Å². The average Bonchev–Trinajstić information content (AvgIpc) is 3.09. The Hall–Kier alpha value is -2.44. The van der Waals surface area contributed by atoms with Crippen LogP contribution < -0.4 is 0 Å². The zero-order chi connectivity index (χ0) is 15.7. The lowest BCUT2D eigenvalue weighted by molar-refractivity contribution is -0.150. The highest BCUT2D eigenvalue weighted by molar-refractivity contribution is 5.82. The Morgan fingerprint density at radius 3 is 2.86 bits per heavy atom. The number of hydrogen-bond donors (Lipinski definition) is 1. The van der Waals surface area contributed by atoms with Crippen molar-refractivity contribution in [3.8, 4) is 0 Å². The molecule has 3 rings (SSSR count). The second-order valence-corrected chi connectivity index (χ2v) is 5.41. The largest absolute Gasteiger partial charge is 0.479 e.